The summed E-state index contributed by atoms with van der Waals surface area (Å²) in [5, 5.41) is 0. The van der Waals surface area contributed by atoms with Gasteiger partial charge in [-0.05, 0) is 61.2 Å². The van der Waals surface area contributed by atoms with Gasteiger partial charge in [-0.2, -0.15) is 0 Å². The maximum Gasteiger partial charge on any atom is 0.215 e. The van der Waals surface area contributed by atoms with Crippen LogP contribution in [0.5, 0.6) is 11.5 Å². The average Bonchev–Trinajstić information content (AvgIpc) is 2.58. The van der Waals surface area contributed by atoms with Crippen LogP contribution in [0.25, 0.3) is 0 Å². The predicted octanol–water partition coefficient (Wildman–Crippen LogP) is 3.24. The summed E-state index contributed by atoms with van der Waals surface area (Å²) in [5.41, 5.74) is 3.45. The summed E-state index contributed by atoms with van der Waals surface area (Å²) in [5.74, 6) is 1.34. The van der Waals surface area contributed by atoms with Crippen LogP contribution in [0.4, 0.5) is 0 Å². The SMILES string of the molecule is CCc1ccc(OCCS(=O)(=O)NCCOc2cc(C)cc(C)c2)cc1. The van der Waals surface area contributed by atoms with Crippen molar-refractivity contribution in [2.24, 2.45) is 0 Å². The van der Waals surface area contributed by atoms with E-state index < -0.39 is 10.0 Å². The largest absolute Gasteiger partial charge is 0.492 e. The number of sulfonamides is 1. The van der Waals surface area contributed by atoms with Gasteiger partial charge >= 0.3 is 0 Å². The quantitative estimate of drug-likeness (QED) is 0.646. The molecule has 0 atom stereocenters. The van der Waals surface area contributed by atoms with Crippen LogP contribution < -0.4 is 14.2 Å². The third-order valence-corrected chi connectivity index (χ3v) is 5.19. The zero-order chi connectivity index (χ0) is 19.0. The molecule has 2 aromatic carbocycles. The Hall–Kier alpha value is -2.05. The Morgan fingerprint density at radius 3 is 2.12 bits per heavy atom. The van der Waals surface area contributed by atoms with Gasteiger partial charge in [0.05, 0.1) is 5.75 Å². The first-order valence-corrected chi connectivity index (χ1v) is 10.4. The van der Waals surface area contributed by atoms with Gasteiger partial charge in [0.1, 0.15) is 24.7 Å². The Labute approximate surface area is 156 Å². The molecule has 0 heterocycles. The van der Waals surface area contributed by atoms with Crippen LogP contribution in [0.15, 0.2) is 42.5 Å². The monoisotopic (exact) mass is 377 g/mol. The fourth-order valence-electron chi connectivity index (χ4n) is 2.55. The highest BCUT2D eigenvalue weighted by Gasteiger charge is 2.10. The van der Waals surface area contributed by atoms with Crippen molar-refractivity contribution in [2.75, 3.05) is 25.5 Å². The van der Waals surface area contributed by atoms with E-state index in [0.29, 0.717) is 5.75 Å². The first-order valence-electron chi connectivity index (χ1n) is 8.78. The van der Waals surface area contributed by atoms with Crippen LogP contribution in [0.1, 0.15) is 23.6 Å². The van der Waals surface area contributed by atoms with E-state index >= 15 is 0 Å². The molecule has 0 amide bonds. The predicted molar refractivity (Wildman–Crippen MR) is 105 cm³/mol. The first-order chi connectivity index (χ1) is 12.4. The maximum absolute atomic E-state index is 12.0. The van der Waals surface area contributed by atoms with E-state index in [1.807, 2.05) is 50.2 Å². The van der Waals surface area contributed by atoms with E-state index in [-0.39, 0.29) is 25.5 Å². The number of aryl methyl sites for hydroxylation is 3. The van der Waals surface area contributed by atoms with Crippen LogP contribution in [-0.2, 0) is 16.4 Å². The second-order valence-electron chi connectivity index (χ2n) is 6.23. The van der Waals surface area contributed by atoms with Crippen LogP contribution in [-0.4, -0.2) is 33.9 Å². The van der Waals surface area contributed by atoms with E-state index in [9.17, 15) is 8.42 Å². The summed E-state index contributed by atoms with van der Waals surface area (Å²) in [4.78, 5) is 0. The third kappa shape index (κ3) is 7.06. The molecular weight excluding hydrogens is 350 g/mol. The van der Waals surface area contributed by atoms with Crippen LogP contribution >= 0.6 is 0 Å². The van der Waals surface area contributed by atoms with Crippen molar-refractivity contribution in [3.8, 4) is 11.5 Å². The van der Waals surface area contributed by atoms with Crippen molar-refractivity contribution in [1.29, 1.82) is 0 Å². The lowest BCUT2D eigenvalue weighted by molar-refractivity contribution is 0.321. The topological polar surface area (TPSA) is 64.6 Å². The minimum atomic E-state index is -3.39. The Balaban J connectivity index is 1.69. The lowest BCUT2D eigenvalue weighted by Gasteiger charge is -2.10. The molecule has 6 heteroatoms. The lowest BCUT2D eigenvalue weighted by Crippen LogP contribution is -2.32. The molecule has 2 rings (SSSR count). The van der Waals surface area contributed by atoms with Gasteiger partial charge in [-0.15, -0.1) is 0 Å². The van der Waals surface area contributed by atoms with Gasteiger partial charge in [-0.25, -0.2) is 13.1 Å². The Bertz CT molecular complexity index is 781. The van der Waals surface area contributed by atoms with Crippen molar-refractivity contribution >= 4 is 10.0 Å². The van der Waals surface area contributed by atoms with Crippen molar-refractivity contribution in [3.63, 3.8) is 0 Å². The highest BCUT2D eigenvalue weighted by molar-refractivity contribution is 7.89. The van der Waals surface area contributed by atoms with Crippen molar-refractivity contribution in [3.05, 3.63) is 59.2 Å². The van der Waals surface area contributed by atoms with Crippen LogP contribution in [0, 0.1) is 13.8 Å². The van der Waals surface area contributed by atoms with Gasteiger partial charge in [0, 0.05) is 6.54 Å². The van der Waals surface area contributed by atoms with Crippen molar-refractivity contribution < 1.29 is 17.9 Å². The second kappa shape index (κ2) is 9.59. The molecule has 0 radical (unpaired) electrons. The molecule has 2 aromatic rings. The highest BCUT2D eigenvalue weighted by Crippen LogP contribution is 2.16. The zero-order valence-electron chi connectivity index (χ0n) is 15.6. The number of hydrogen-bond donors (Lipinski definition) is 1. The molecule has 26 heavy (non-hydrogen) atoms. The Morgan fingerprint density at radius 2 is 1.50 bits per heavy atom. The maximum atomic E-state index is 12.0. The molecule has 0 aliphatic heterocycles. The van der Waals surface area contributed by atoms with Gasteiger partial charge in [0.2, 0.25) is 10.0 Å². The Morgan fingerprint density at radius 1 is 0.885 bits per heavy atom. The van der Waals surface area contributed by atoms with Crippen LogP contribution in [0.2, 0.25) is 0 Å². The fraction of sp³-hybridized carbons (Fsp3) is 0.400. The van der Waals surface area contributed by atoms with E-state index in [2.05, 4.69) is 17.7 Å². The third-order valence-electron chi connectivity index (χ3n) is 3.84. The number of benzene rings is 2. The molecule has 0 aliphatic carbocycles. The molecule has 0 aromatic heterocycles. The Kier molecular flexibility index (Phi) is 7.48. The minimum Gasteiger partial charge on any atom is -0.492 e. The minimum absolute atomic E-state index is 0.0912. The molecule has 1 N–H and O–H groups in total. The number of nitrogens with one attached hydrogen (secondary N) is 1. The molecule has 142 valence electrons. The van der Waals surface area contributed by atoms with E-state index in [1.165, 1.54) is 5.56 Å². The fourth-order valence-corrected chi connectivity index (χ4v) is 3.39. The van der Waals surface area contributed by atoms with E-state index in [1.54, 1.807) is 0 Å². The molecule has 0 saturated carbocycles. The van der Waals surface area contributed by atoms with Gasteiger partial charge in [0.15, 0.2) is 0 Å². The standard InChI is InChI=1S/C20H27NO4S/c1-4-18-5-7-19(8-6-18)25-11-12-26(22,23)21-9-10-24-20-14-16(2)13-17(3)15-20/h5-8,13-15,21H,4,9-12H2,1-3H3. The molecule has 0 aliphatic rings. The highest BCUT2D eigenvalue weighted by atomic mass is 32.2. The number of ether oxygens (including phenoxy) is 2. The van der Waals surface area contributed by atoms with E-state index in [0.717, 1.165) is 23.3 Å². The van der Waals surface area contributed by atoms with Gasteiger partial charge in [0.25, 0.3) is 0 Å². The molecule has 0 unspecified atom stereocenters. The summed E-state index contributed by atoms with van der Waals surface area (Å²) in [6, 6.07) is 13.6. The van der Waals surface area contributed by atoms with Crippen molar-refractivity contribution in [1.82, 2.24) is 4.72 Å². The summed E-state index contributed by atoms with van der Waals surface area (Å²) >= 11 is 0. The summed E-state index contributed by atoms with van der Waals surface area (Å²) in [7, 11) is -3.39. The van der Waals surface area contributed by atoms with Crippen molar-refractivity contribution in [2.45, 2.75) is 27.2 Å². The second-order valence-corrected chi connectivity index (χ2v) is 8.16. The van der Waals surface area contributed by atoms with E-state index in [4.69, 9.17) is 9.47 Å². The molecule has 0 saturated heterocycles. The summed E-state index contributed by atoms with van der Waals surface area (Å²) < 4.78 is 37.6. The molecule has 0 bridgehead atoms. The summed E-state index contributed by atoms with van der Waals surface area (Å²) in [6.45, 7) is 6.69. The molecule has 0 spiro atoms. The zero-order valence-corrected chi connectivity index (χ0v) is 16.4. The van der Waals surface area contributed by atoms with Gasteiger partial charge in [-0.1, -0.05) is 25.1 Å². The number of rotatable bonds is 10. The smallest absolute Gasteiger partial charge is 0.215 e. The van der Waals surface area contributed by atoms with Gasteiger partial charge < -0.3 is 9.47 Å². The lowest BCUT2D eigenvalue weighted by atomic mass is 10.1. The van der Waals surface area contributed by atoms with Crippen LogP contribution in [0.3, 0.4) is 0 Å². The normalized spacial score (nSPS) is 11.3. The average molecular weight is 378 g/mol. The summed E-state index contributed by atoms with van der Waals surface area (Å²) in [6.07, 6.45) is 0.961. The number of hydrogen-bond acceptors (Lipinski definition) is 4. The molecule has 5 nitrogen and oxygen atoms in total. The first kappa shape index (κ1) is 20.3. The molecule has 0 fully saturated rings. The molecular formula is C20H27NO4S. The van der Waals surface area contributed by atoms with Gasteiger partial charge in [-0.3, -0.25) is 0 Å².